The Morgan fingerprint density at radius 2 is 1.95 bits per heavy atom. The van der Waals surface area contributed by atoms with Crippen molar-refractivity contribution in [3.63, 3.8) is 0 Å². The maximum absolute atomic E-state index is 10.3. The van der Waals surface area contributed by atoms with Gasteiger partial charge in [0.15, 0.2) is 0 Å². The maximum Gasteiger partial charge on any atom is 0.122 e. The molecule has 0 heterocycles. The highest BCUT2D eigenvalue weighted by molar-refractivity contribution is 9.10. The minimum atomic E-state index is -0.324. The van der Waals surface area contributed by atoms with Crippen LogP contribution in [-0.2, 0) is 6.42 Å². The molecule has 1 aromatic carbocycles. The first-order valence-electron chi connectivity index (χ1n) is 7.22. The summed E-state index contributed by atoms with van der Waals surface area (Å²) in [6.45, 7) is 8.94. The molecule has 0 aliphatic heterocycles. The van der Waals surface area contributed by atoms with Crippen molar-refractivity contribution in [1.29, 1.82) is 0 Å². The minimum absolute atomic E-state index is 0.312. The molecule has 1 rings (SSSR count). The van der Waals surface area contributed by atoms with Gasteiger partial charge in [0.2, 0.25) is 0 Å². The van der Waals surface area contributed by atoms with E-state index in [2.05, 4.69) is 43.6 Å². The first-order chi connectivity index (χ1) is 9.21. The van der Waals surface area contributed by atoms with Crippen molar-refractivity contribution in [3.05, 3.63) is 28.2 Å². The van der Waals surface area contributed by atoms with Gasteiger partial charge in [-0.15, -0.1) is 0 Å². The summed E-state index contributed by atoms with van der Waals surface area (Å²) in [6.07, 6.45) is 2.26. The Hall–Kier alpha value is -0.540. The third-order valence-electron chi connectivity index (χ3n) is 3.33. The summed E-state index contributed by atoms with van der Waals surface area (Å²) in [7, 11) is 1.67. The topological polar surface area (TPSA) is 29.5 Å². The largest absolute Gasteiger partial charge is 0.496 e. The molecule has 1 aromatic rings. The summed E-state index contributed by atoms with van der Waals surface area (Å²) in [5.74, 6) is 1.36. The lowest BCUT2D eigenvalue weighted by Crippen LogP contribution is -2.19. The smallest absolute Gasteiger partial charge is 0.122 e. The molecule has 0 amide bonds. The summed E-state index contributed by atoms with van der Waals surface area (Å²) >= 11 is 3.47. The van der Waals surface area contributed by atoms with Crippen molar-refractivity contribution in [2.24, 2.45) is 11.3 Å². The zero-order valence-corrected chi connectivity index (χ0v) is 14.8. The zero-order valence-electron chi connectivity index (χ0n) is 13.2. The Labute approximate surface area is 131 Å². The van der Waals surface area contributed by atoms with Crippen LogP contribution in [-0.4, -0.2) is 18.3 Å². The molecule has 0 radical (unpaired) electrons. The number of methoxy groups -OCH3 is 1. The molecule has 1 N–H and O–H groups in total. The molecule has 2 atom stereocenters. The molecular formula is C17H27BrO2. The van der Waals surface area contributed by atoms with Crippen molar-refractivity contribution in [2.45, 2.75) is 53.1 Å². The highest BCUT2D eigenvalue weighted by Gasteiger charge is 2.19. The average Bonchev–Trinajstić information content (AvgIpc) is 2.26. The molecule has 2 unspecified atom stereocenters. The van der Waals surface area contributed by atoms with Crippen LogP contribution in [0.1, 0.15) is 46.1 Å². The number of halogens is 1. The van der Waals surface area contributed by atoms with Crippen LogP contribution in [0.3, 0.4) is 0 Å². The molecule has 2 nitrogen and oxygen atoms in total. The lowest BCUT2D eigenvalue weighted by atomic mass is 9.82. The number of ether oxygens (including phenoxy) is 1. The van der Waals surface area contributed by atoms with Gasteiger partial charge in [-0.05, 0) is 47.9 Å². The van der Waals surface area contributed by atoms with Crippen molar-refractivity contribution >= 4 is 15.9 Å². The third-order valence-corrected chi connectivity index (χ3v) is 3.83. The van der Waals surface area contributed by atoms with E-state index in [-0.39, 0.29) is 6.10 Å². The third kappa shape index (κ3) is 6.27. The fourth-order valence-corrected chi connectivity index (χ4v) is 3.25. The summed E-state index contributed by atoms with van der Waals surface area (Å²) in [5.41, 5.74) is 1.37. The quantitative estimate of drug-likeness (QED) is 0.802. The van der Waals surface area contributed by atoms with Crippen molar-refractivity contribution in [3.8, 4) is 5.75 Å². The highest BCUT2D eigenvalue weighted by atomic mass is 79.9. The van der Waals surface area contributed by atoms with E-state index in [0.717, 1.165) is 28.6 Å². The molecule has 0 bridgehead atoms. The van der Waals surface area contributed by atoms with E-state index in [9.17, 15) is 5.11 Å². The maximum atomic E-state index is 10.3. The van der Waals surface area contributed by atoms with Crippen LogP contribution in [0.2, 0.25) is 0 Å². The molecule has 114 valence electrons. The van der Waals surface area contributed by atoms with Crippen molar-refractivity contribution in [2.75, 3.05) is 7.11 Å². The van der Waals surface area contributed by atoms with Gasteiger partial charge >= 0.3 is 0 Å². The number of aliphatic hydroxyl groups excluding tert-OH is 1. The molecule has 0 aliphatic rings. The predicted octanol–water partition coefficient (Wildman–Crippen LogP) is 4.82. The normalized spacial score (nSPS) is 14.9. The van der Waals surface area contributed by atoms with Gasteiger partial charge in [0, 0.05) is 10.9 Å². The van der Waals surface area contributed by atoms with E-state index in [1.807, 2.05) is 18.2 Å². The Morgan fingerprint density at radius 1 is 1.30 bits per heavy atom. The first-order valence-corrected chi connectivity index (χ1v) is 8.01. The Balaban J connectivity index is 2.62. The SMILES string of the molecule is COc1ccc(Br)cc1CC(O)CC(C)CC(C)(C)C. The van der Waals surface area contributed by atoms with Crippen LogP contribution >= 0.6 is 15.9 Å². The Kier molecular flexibility index (Phi) is 6.53. The van der Waals surface area contributed by atoms with Gasteiger partial charge in [-0.1, -0.05) is 43.6 Å². The predicted molar refractivity (Wildman–Crippen MR) is 88.3 cm³/mol. The van der Waals surface area contributed by atoms with Gasteiger partial charge in [0.1, 0.15) is 5.75 Å². The molecule has 0 fully saturated rings. The highest BCUT2D eigenvalue weighted by Crippen LogP contribution is 2.29. The second kappa shape index (κ2) is 7.46. The van der Waals surface area contributed by atoms with E-state index >= 15 is 0 Å². The van der Waals surface area contributed by atoms with E-state index in [0.29, 0.717) is 17.8 Å². The van der Waals surface area contributed by atoms with Crippen LogP contribution in [0.4, 0.5) is 0 Å². The zero-order chi connectivity index (χ0) is 15.3. The van der Waals surface area contributed by atoms with Crippen LogP contribution in [0.25, 0.3) is 0 Å². The lowest BCUT2D eigenvalue weighted by molar-refractivity contribution is 0.132. The van der Waals surface area contributed by atoms with Gasteiger partial charge in [-0.2, -0.15) is 0 Å². The monoisotopic (exact) mass is 342 g/mol. The summed E-state index contributed by atoms with van der Waals surface area (Å²) in [6, 6.07) is 5.91. The van der Waals surface area contributed by atoms with Gasteiger partial charge in [-0.3, -0.25) is 0 Å². The number of aliphatic hydroxyl groups is 1. The second-order valence-corrected chi connectivity index (χ2v) is 7.84. The summed E-state index contributed by atoms with van der Waals surface area (Å²) < 4.78 is 6.37. The summed E-state index contributed by atoms with van der Waals surface area (Å²) in [5, 5.41) is 10.3. The van der Waals surface area contributed by atoms with Crippen LogP contribution in [0, 0.1) is 11.3 Å². The Morgan fingerprint density at radius 3 is 2.50 bits per heavy atom. The van der Waals surface area contributed by atoms with Crippen molar-refractivity contribution in [1.82, 2.24) is 0 Å². The fourth-order valence-electron chi connectivity index (χ4n) is 2.84. The number of benzene rings is 1. The molecule has 20 heavy (non-hydrogen) atoms. The van der Waals surface area contributed by atoms with Crippen LogP contribution in [0.15, 0.2) is 22.7 Å². The second-order valence-electron chi connectivity index (χ2n) is 6.92. The number of hydrogen-bond acceptors (Lipinski definition) is 2. The van der Waals surface area contributed by atoms with E-state index < -0.39 is 0 Å². The minimum Gasteiger partial charge on any atom is -0.496 e. The lowest BCUT2D eigenvalue weighted by Gasteiger charge is -2.25. The van der Waals surface area contributed by atoms with Gasteiger partial charge in [0.05, 0.1) is 13.2 Å². The van der Waals surface area contributed by atoms with Gasteiger partial charge < -0.3 is 9.84 Å². The van der Waals surface area contributed by atoms with Crippen LogP contribution in [0.5, 0.6) is 5.75 Å². The van der Waals surface area contributed by atoms with Gasteiger partial charge in [0.25, 0.3) is 0 Å². The first kappa shape index (κ1) is 17.5. The molecule has 0 saturated heterocycles. The molecule has 0 aromatic heterocycles. The standard InChI is InChI=1S/C17H27BrO2/c1-12(11-17(2,3)4)8-15(19)10-13-9-14(18)6-7-16(13)20-5/h6-7,9,12,15,19H,8,10-11H2,1-5H3. The molecule has 3 heteroatoms. The van der Waals surface area contributed by atoms with Crippen molar-refractivity contribution < 1.29 is 9.84 Å². The van der Waals surface area contributed by atoms with E-state index in [1.54, 1.807) is 7.11 Å². The molecule has 0 aliphatic carbocycles. The average molecular weight is 343 g/mol. The summed E-state index contributed by atoms with van der Waals surface area (Å²) in [4.78, 5) is 0. The molecular weight excluding hydrogens is 316 g/mol. The molecule has 0 saturated carbocycles. The number of hydrogen-bond donors (Lipinski definition) is 1. The van der Waals surface area contributed by atoms with E-state index in [4.69, 9.17) is 4.74 Å². The molecule has 0 spiro atoms. The fraction of sp³-hybridized carbons (Fsp3) is 0.647. The van der Waals surface area contributed by atoms with E-state index in [1.165, 1.54) is 0 Å². The number of rotatable bonds is 6. The van der Waals surface area contributed by atoms with Crippen LogP contribution < -0.4 is 4.74 Å². The van der Waals surface area contributed by atoms with Gasteiger partial charge in [-0.25, -0.2) is 0 Å². The Bertz CT molecular complexity index is 423.